The van der Waals surface area contributed by atoms with Crippen molar-refractivity contribution in [1.82, 2.24) is 15.2 Å². The third-order valence-electron chi connectivity index (χ3n) is 4.65. The Kier molecular flexibility index (Phi) is 5.25. The highest BCUT2D eigenvalue weighted by atomic mass is 16.6. The molecule has 6 nitrogen and oxygen atoms in total. The Morgan fingerprint density at radius 3 is 3.30 bits per heavy atom. The monoisotopic (exact) mass is 319 g/mol. The smallest absolute Gasteiger partial charge is 0.245 e. The van der Waals surface area contributed by atoms with Gasteiger partial charge in [0.05, 0.1) is 18.3 Å². The molecule has 0 aromatic carbocycles. The lowest BCUT2D eigenvalue weighted by Gasteiger charge is -2.39. The highest BCUT2D eigenvalue weighted by Gasteiger charge is 2.43. The van der Waals surface area contributed by atoms with Crippen LogP contribution in [0, 0.1) is 0 Å². The van der Waals surface area contributed by atoms with E-state index in [1.807, 2.05) is 12.3 Å². The van der Waals surface area contributed by atoms with Crippen LogP contribution < -0.4 is 5.32 Å². The summed E-state index contributed by atoms with van der Waals surface area (Å²) in [6.07, 6.45) is 6.80. The number of carbonyl (C=O) groups excluding carboxylic acids is 1. The van der Waals surface area contributed by atoms with Crippen molar-refractivity contribution in [3.8, 4) is 0 Å². The molecule has 2 saturated heterocycles. The maximum Gasteiger partial charge on any atom is 0.245 e. The summed E-state index contributed by atoms with van der Waals surface area (Å²) >= 11 is 0. The molecule has 0 bridgehead atoms. The van der Waals surface area contributed by atoms with E-state index in [1.165, 1.54) is 5.56 Å². The zero-order valence-electron chi connectivity index (χ0n) is 13.7. The van der Waals surface area contributed by atoms with Gasteiger partial charge >= 0.3 is 0 Å². The number of aromatic nitrogens is 1. The number of hydrogen-bond acceptors (Lipinski definition) is 5. The average molecular weight is 319 g/mol. The van der Waals surface area contributed by atoms with Crippen LogP contribution in [0.4, 0.5) is 0 Å². The highest BCUT2D eigenvalue weighted by Crippen LogP contribution is 2.36. The first-order valence-corrected chi connectivity index (χ1v) is 8.26. The third-order valence-corrected chi connectivity index (χ3v) is 4.65. The molecule has 1 N–H and O–H groups in total. The lowest BCUT2D eigenvalue weighted by Crippen LogP contribution is -2.47. The second-order valence-corrected chi connectivity index (χ2v) is 6.48. The fourth-order valence-corrected chi connectivity index (χ4v) is 3.53. The maximum absolute atomic E-state index is 11.3. The van der Waals surface area contributed by atoms with Gasteiger partial charge < -0.3 is 14.8 Å². The zero-order chi connectivity index (χ0) is 16.1. The molecule has 0 unspecified atom stereocenters. The van der Waals surface area contributed by atoms with Gasteiger partial charge in [-0.25, -0.2) is 0 Å². The molecule has 23 heavy (non-hydrogen) atoms. The number of nitrogens with zero attached hydrogens (tertiary/aromatic N) is 2. The molecule has 1 aromatic heterocycles. The Labute approximate surface area is 137 Å². The zero-order valence-corrected chi connectivity index (χ0v) is 13.7. The van der Waals surface area contributed by atoms with Crippen molar-refractivity contribution in [3.05, 3.63) is 30.1 Å². The van der Waals surface area contributed by atoms with E-state index in [1.54, 1.807) is 13.2 Å². The Morgan fingerprint density at radius 2 is 2.52 bits per heavy atom. The molecule has 1 amide bonds. The van der Waals surface area contributed by atoms with Gasteiger partial charge in [0.25, 0.3) is 0 Å². The molecular weight excluding hydrogens is 294 g/mol. The molecule has 0 aliphatic carbocycles. The van der Waals surface area contributed by atoms with E-state index in [-0.39, 0.29) is 24.2 Å². The summed E-state index contributed by atoms with van der Waals surface area (Å²) < 4.78 is 11.8. The minimum Gasteiger partial charge on any atom is -0.371 e. The van der Waals surface area contributed by atoms with E-state index < -0.39 is 0 Å². The van der Waals surface area contributed by atoms with Gasteiger partial charge in [0.15, 0.2) is 0 Å². The van der Waals surface area contributed by atoms with Crippen LogP contribution in [0.1, 0.15) is 24.8 Å². The van der Waals surface area contributed by atoms with Crippen molar-refractivity contribution >= 4 is 5.91 Å². The topological polar surface area (TPSA) is 63.7 Å². The number of amides is 1. The van der Waals surface area contributed by atoms with Crippen LogP contribution in [-0.4, -0.2) is 60.8 Å². The predicted molar refractivity (Wildman–Crippen MR) is 85.9 cm³/mol. The number of rotatable bonds is 5. The summed E-state index contributed by atoms with van der Waals surface area (Å²) in [6.45, 7) is 3.60. The largest absolute Gasteiger partial charge is 0.371 e. The van der Waals surface area contributed by atoms with Gasteiger partial charge in [-0.1, -0.05) is 6.07 Å². The standard InChI is InChI=1S/C17H25N3O3/c1-18-16(21)12-22-15-8-17(23-11-15)5-3-7-20(13-17)10-14-4-2-6-19-9-14/h2,4,6,9,15H,3,5,7-8,10-13H2,1H3,(H,18,21)/t15-,17-/m0/s1. The number of pyridine rings is 1. The number of likely N-dealkylation sites (tertiary alicyclic amines) is 1. The number of likely N-dealkylation sites (N-methyl/N-ethyl adjacent to an activating group) is 1. The molecule has 2 atom stereocenters. The summed E-state index contributed by atoms with van der Waals surface area (Å²) in [7, 11) is 1.62. The maximum atomic E-state index is 11.3. The van der Waals surface area contributed by atoms with Gasteiger partial charge in [-0.15, -0.1) is 0 Å². The Balaban J connectivity index is 1.53. The van der Waals surface area contributed by atoms with Crippen LogP contribution in [-0.2, 0) is 20.8 Å². The van der Waals surface area contributed by atoms with E-state index in [4.69, 9.17) is 9.47 Å². The first-order chi connectivity index (χ1) is 11.2. The van der Waals surface area contributed by atoms with Gasteiger partial charge in [0.2, 0.25) is 5.91 Å². The summed E-state index contributed by atoms with van der Waals surface area (Å²) in [5, 5.41) is 2.58. The number of hydrogen-bond donors (Lipinski definition) is 1. The van der Waals surface area contributed by atoms with Gasteiger partial charge in [0, 0.05) is 39.0 Å². The van der Waals surface area contributed by atoms with E-state index >= 15 is 0 Å². The van der Waals surface area contributed by atoms with Crippen LogP contribution in [0.15, 0.2) is 24.5 Å². The van der Waals surface area contributed by atoms with E-state index in [0.29, 0.717) is 6.61 Å². The van der Waals surface area contributed by atoms with Crippen LogP contribution in [0.3, 0.4) is 0 Å². The molecule has 1 aromatic rings. The first kappa shape index (κ1) is 16.4. The lowest BCUT2D eigenvalue weighted by atomic mass is 9.89. The van der Waals surface area contributed by atoms with Crippen molar-refractivity contribution < 1.29 is 14.3 Å². The fourth-order valence-electron chi connectivity index (χ4n) is 3.53. The molecule has 2 aliphatic rings. The van der Waals surface area contributed by atoms with Gasteiger partial charge in [-0.3, -0.25) is 14.7 Å². The Bertz CT molecular complexity index is 525. The second kappa shape index (κ2) is 7.38. The Hall–Kier alpha value is -1.50. The summed E-state index contributed by atoms with van der Waals surface area (Å²) in [5.74, 6) is -0.0900. The SMILES string of the molecule is CNC(=O)CO[C@@H]1CO[C@@]2(CCCN(Cc3cccnc3)C2)C1. The highest BCUT2D eigenvalue weighted by molar-refractivity contribution is 5.76. The lowest BCUT2D eigenvalue weighted by molar-refractivity contribution is -0.127. The van der Waals surface area contributed by atoms with Crippen LogP contribution >= 0.6 is 0 Å². The predicted octanol–water partition coefficient (Wildman–Crippen LogP) is 0.968. The third kappa shape index (κ3) is 4.28. The van der Waals surface area contributed by atoms with Crippen molar-refractivity contribution in [3.63, 3.8) is 0 Å². The van der Waals surface area contributed by atoms with Gasteiger partial charge in [-0.05, 0) is 31.0 Å². The summed E-state index contributed by atoms with van der Waals surface area (Å²) in [4.78, 5) is 17.9. The van der Waals surface area contributed by atoms with E-state index in [9.17, 15) is 4.79 Å². The van der Waals surface area contributed by atoms with Crippen molar-refractivity contribution in [2.45, 2.75) is 37.5 Å². The molecule has 3 heterocycles. The first-order valence-electron chi connectivity index (χ1n) is 8.26. The molecule has 126 valence electrons. The van der Waals surface area contributed by atoms with Crippen molar-refractivity contribution in [1.29, 1.82) is 0 Å². The van der Waals surface area contributed by atoms with E-state index in [0.717, 1.165) is 38.9 Å². The number of nitrogens with one attached hydrogen (secondary N) is 1. The van der Waals surface area contributed by atoms with Gasteiger partial charge in [0.1, 0.15) is 6.61 Å². The molecule has 2 aliphatic heterocycles. The molecule has 2 fully saturated rings. The minimum absolute atomic E-state index is 0.0191. The molecule has 3 rings (SSSR count). The number of ether oxygens (including phenoxy) is 2. The molecule has 6 heteroatoms. The summed E-state index contributed by atoms with van der Waals surface area (Å²) in [5.41, 5.74) is 1.11. The normalized spacial score (nSPS) is 28.1. The summed E-state index contributed by atoms with van der Waals surface area (Å²) in [6, 6.07) is 4.09. The van der Waals surface area contributed by atoms with Crippen LogP contribution in [0.2, 0.25) is 0 Å². The van der Waals surface area contributed by atoms with Gasteiger partial charge in [-0.2, -0.15) is 0 Å². The Morgan fingerprint density at radius 1 is 1.61 bits per heavy atom. The molecule has 0 radical (unpaired) electrons. The quantitative estimate of drug-likeness (QED) is 0.876. The van der Waals surface area contributed by atoms with Crippen LogP contribution in [0.25, 0.3) is 0 Å². The van der Waals surface area contributed by atoms with E-state index in [2.05, 4.69) is 21.3 Å². The minimum atomic E-state index is -0.117. The second-order valence-electron chi connectivity index (χ2n) is 6.48. The van der Waals surface area contributed by atoms with Crippen molar-refractivity contribution in [2.24, 2.45) is 0 Å². The average Bonchev–Trinajstić information content (AvgIpc) is 2.96. The number of piperidine rings is 1. The molecular formula is C17H25N3O3. The number of carbonyl (C=O) groups is 1. The molecule has 0 saturated carbocycles. The van der Waals surface area contributed by atoms with Crippen LogP contribution in [0.5, 0.6) is 0 Å². The van der Waals surface area contributed by atoms with Crippen molar-refractivity contribution in [2.75, 3.05) is 33.4 Å². The fraction of sp³-hybridized carbons (Fsp3) is 0.647. The molecule has 1 spiro atoms.